The highest BCUT2D eigenvalue weighted by atomic mass is 28.4. The normalized spacial score (nSPS) is 10.8. The summed E-state index contributed by atoms with van der Waals surface area (Å²) in [4.78, 5) is 100. The first kappa shape index (κ1) is 65.0. The van der Waals surface area contributed by atoms with Crippen molar-refractivity contribution in [3.8, 4) is 0 Å². The molecule has 6 aromatic rings. The minimum Gasteiger partial charge on any atom is -0.481 e. The van der Waals surface area contributed by atoms with E-state index < -0.39 is 94.5 Å². The molecule has 0 bridgehead atoms. The van der Waals surface area contributed by atoms with Crippen molar-refractivity contribution in [2.75, 3.05) is 13.2 Å². The zero-order valence-corrected chi connectivity index (χ0v) is 45.4. The average molecular weight is 1120 g/mol. The third-order valence-corrected chi connectivity index (χ3v) is 15.7. The number of carboxylic acids is 3. The minimum absolute atomic E-state index is 0.00529. The number of hydrogen-bond acceptors (Lipinski definition) is 16. The monoisotopic (exact) mass is 1120 g/mol. The fourth-order valence-corrected chi connectivity index (χ4v) is 11.7. The maximum Gasteiger partial charge on any atom is 0.317 e. The van der Waals surface area contributed by atoms with Crippen LogP contribution < -0.4 is 10.4 Å². The van der Waals surface area contributed by atoms with Crippen molar-refractivity contribution in [1.82, 2.24) is 0 Å². The van der Waals surface area contributed by atoms with E-state index in [-0.39, 0.29) is 31.5 Å². The fourth-order valence-electron chi connectivity index (χ4n) is 7.12. The lowest BCUT2D eigenvalue weighted by molar-refractivity contribution is -0.167. The predicted molar refractivity (Wildman–Crippen MR) is 292 cm³/mol. The smallest absolute Gasteiger partial charge is 0.317 e. The molecule has 0 spiro atoms. The number of esters is 5. The number of carbonyl (C=O) groups excluding carboxylic acids is 6. The first-order valence-corrected chi connectivity index (χ1v) is 26.6. The number of carbonyl (C=O) groups is 9. The molecule has 0 aliphatic heterocycles. The lowest BCUT2D eigenvalue weighted by atomic mass is 10.2. The Morgan fingerprint density at radius 3 is 1.05 bits per heavy atom. The van der Waals surface area contributed by atoms with Gasteiger partial charge in [0.25, 0.3) is 14.8 Å². The highest BCUT2D eigenvalue weighted by molar-refractivity contribution is 6.99. The summed E-state index contributed by atoms with van der Waals surface area (Å²) in [6.45, 7) is 6.70. The Kier molecular flexibility index (Phi) is 29.2. The topological polar surface area (TPSA) is 279 Å². The molecule has 3 N–H and O–H groups in total. The Hall–Kier alpha value is -9.27. The van der Waals surface area contributed by atoms with Gasteiger partial charge in [0.15, 0.2) is 6.10 Å². The highest BCUT2D eigenvalue weighted by Crippen LogP contribution is 2.37. The molecule has 80 heavy (non-hydrogen) atoms. The molecule has 0 amide bonds. The van der Waals surface area contributed by atoms with Crippen molar-refractivity contribution in [1.29, 1.82) is 0 Å². The molecule has 19 nitrogen and oxygen atoms in total. The Labute approximate surface area is 464 Å². The van der Waals surface area contributed by atoms with Crippen molar-refractivity contribution in [3.63, 3.8) is 0 Å². The summed E-state index contributed by atoms with van der Waals surface area (Å²) >= 11 is 0. The Balaban J connectivity index is 0.000000433. The first-order valence-electron chi connectivity index (χ1n) is 24.7. The van der Waals surface area contributed by atoms with Crippen LogP contribution in [0.1, 0.15) is 68.7 Å². The van der Waals surface area contributed by atoms with Crippen LogP contribution in [-0.2, 0) is 102 Å². The summed E-state index contributed by atoms with van der Waals surface area (Å²) in [5, 5.41) is 25.3. The lowest BCUT2D eigenvalue weighted by Gasteiger charge is -2.43. The van der Waals surface area contributed by atoms with Crippen LogP contribution in [0.3, 0.4) is 0 Å². The molecular weight excluding hydrogens is 1050 g/mol. The Morgan fingerprint density at radius 2 is 0.725 bits per heavy atom. The number of hydrogen-bond donors (Lipinski definition) is 3. The van der Waals surface area contributed by atoms with E-state index in [1.807, 2.05) is 146 Å². The Bertz CT molecular complexity index is 2780. The van der Waals surface area contributed by atoms with Gasteiger partial charge in [0.1, 0.15) is 58.7 Å². The molecular formula is C60H64O19Si. The van der Waals surface area contributed by atoms with Crippen LogP contribution in [0.5, 0.6) is 0 Å². The molecule has 1 unspecified atom stereocenters. The van der Waals surface area contributed by atoms with E-state index in [1.54, 1.807) is 36.4 Å². The van der Waals surface area contributed by atoms with Crippen molar-refractivity contribution in [2.45, 2.75) is 84.0 Å². The molecule has 0 aliphatic carbocycles. The van der Waals surface area contributed by atoms with E-state index in [4.69, 9.17) is 43.4 Å². The third-order valence-electron chi connectivity index (χ3n) is 10.7. The molecule has 20 heteroatoms. The summed E-state index contributed by atoms with van der Waals surface area (Å²) in [5.41, 5.74) is 3.40. The van der Waals surface area contributed by atoms with Crippen LogP contribution >= 0.6 is 0 Å². The van der Waals surface area contributed by atoms with Crippen molar-refractivity contribution in [3.05, 3.63) is 204 Å². The van der Waals surface area contributed by atoms with Gasteiger partial charge in [-0.25, -0.2) is 0 Å². The largest absolute Gasteiger partial charge is 0.481 e. The van der Waals surface area contributed by atoms with Crippen molar-refractivity contribution >= 4 is 72.9 Å². The molecule has 6 aromatic carbocycles. The van der Waals surface area contributed by atoms with E-state index in [9.17, 15) is 43.2 Å². The standard InChI is InChI=1S/C39H42O9Si.C10H10O4.C8H8O2.C3H4O4/c1-39(2,3)49(33-20-12-6-13-21-33,34-22-14-7-15-23-34)47-29-32(48-38(43)25-37(42)45-27-31-18-10-5-11-19-31)28-46-36(41)24-35(40)44-26-30-16-8-4-9-17-30;11-9(12)6-10(13)14-7-8-4-2-1-3-5-8;9-7-10-6-8-4-2-1-3-5-8;4-2(5)1-3(6)7/h4-23,32H,24-29H2,1-3H3;1-5H,6-7H2,(H,11,12);1-5,7H,6H2;1H2,(H,4,5)(H,6,7). The summed E-state index contributed by atoms with van der Waals surface area (Å²) in [7, 11) is -3.07. The number of rotatable bonds is 25. The summed E-state index contributed by atoms with van der Waals surface area (Å²) < 4.78 is 37.7. The van der Waals surface area contributed by atoms with Gasteiger partial charge in [-0.1, -0.05) is 203 Å². The minimum atomic E-state index is -3.07. The molecule has 6 rings (SSSR count). The van der Waals surface area contributed by atoms with Gasteiger partial charge in [-0.05, 0) is 37.7 Å². The van der Waals surface area contributed by atoms with Crippen LogP contribution in [0.25, 0.3) is 0 Å². The van der Waals surface area contributed by atoms with Gasteiger partial charge in [0, 0.05) is 0 Å². The number of aliphatic carboxylic acids is 3. The van der Waals surface area contributed by atoms with Gasteiger partial charge in [-0.3, -0.25) is 43.2 Å². The zero-order valence-electron chi connectivity index (χ0n) is 44.4. The number of ether oxygens (including phenoxy) is 6. The van der Waals surface area contributed by atoms with E-state index >= 15 is 0 Å². The SMILES string of the molecule is CC(C)(C)[Si](OCC(COC(=O)CC(=O)OCc1ccccc1)OC(=O)CC(=O)OCc1ccccc1)(c1ccccc1)c1ccccc1.O=C(O)CC(=O)O.O=C(O)CC(=O)OCc1ccccc1.O=COCc1ccccc1. The van der Waals surface area contributed by atoms with Gasteiger partial charge in [-0.15, -0.1) is 0 Å². The molecule has 0 saturated heterocycles. The lowest BCUT2D eigenvalue weighted by Crippen LogP contribution is -2.67. The molecule has 0 aliphatic rings. The maximum absolute atomic E-state index is 13.0. The quantitative estimate of drug-likeness (QED) is 0.0166. The molecule has 1 atom stereocenters. The zero-order chi connectivity index (χ0) is 58.6. The molecule has 0 heterocycles. The molecule has 422 valence electrons. The summed E-state index contributed by atoms with van der Waals surface area (Å²) in [5.74, 6) is -7.77. The second-order valence-corrected chi connectivity index (χ2v) is 22.3. The van der Waals surface area contributed by atoms with Crippen LogP contribution in [0.15, 0.2) is 182 Å². The van der Waals surface area contributed by atoms with Gasteiger partial charge in [0.2, 0.25) is 0 Å². The highest BCUT2D eigenvalue weighted by Gasteiger charge is 2.50. The van der Waals surface area contributed by atoms with Crippen molar-refractivity contribution < 1.29 is 91.3 Å². The average Bonchev–Trinajstić information content (AvgIpc) is 3.55. The van der Waals surface area contributed by atoms with Crippen LogP contribution in [0.2, 0.25) is 5.04 Å². The molecule has 0 saturated carbocycles. The predicted octanol–water partition coefficient (Wildman–Crippen LogP) is 7.39. The number of carboxylic acid groups (broad SMARTS) is 3. The van der Waals surface area contributed by atoms with E-state index in [0.29, 0.717) is 13.1 Å². The van der Waals surface area contributed by atoms with Gasteiger partial charge >= 0.3 is 47.8 Å². The van der Waals surface area contributed by atoms with Gasteiger partial charge in [0.05, 0.1) is 6.61 Å². The van der Waals surface area contributed by atoms with Gasteiger partial charge < -0.3 is 48.2 Å². The molecule has 0 fully saturated rings. The maximum atomic E-state index is 13.0. The first-order chi connectivity index (χ1) is 38.3. The van der Waals surface area contributed by atoms with E-state index in [0.717, 1.165) is 32.6 Å². The fraction of sp³-hybridized carbons (Fsp3) is 0.250. The Morgan fingerprint density at radius 1 is 0.412 bits per heavy atom. The summed E-state index contributed by atoms with van der Waals surface area (Å²) in [6, 6.07) is 56.6. The molecule has 0 aromatic heterocycles. The summed E-state index contributed by atoms with van der Waals surface area (Å²) in [6.07, 6.45) is -3.77. The third kappa shape index (κ3) is 26.2. The number of benzene rings is 6. The second kappa shape index (κ2) is 35.9. The molecule has 0 radical (unpaired) electrons. The second-order valence-electron chi connectivity index (χ2n) is 18.0. The van der Waals surface area contributed by atoms with Crippen LogP contribution in [-0.4, -0.2) is 97.2 Å². The van der Waals surface area contributed by atoms with Crippen molar-refractivity contribution in [2.24, 2.45) is 0 Å². The van der Waals surface area contributed by atoms with Crippen LogP contribution in [0.4, 0.5) is 0 Å². The van der Waals surface area contributed by atoms with E-state index in [1.165, 1.54) is 0 Å². The van der Waals surface area contributed by atoms with E-state index in [2.05, 4.69) is 25.5 Å². The van der Waals surface area contributed by atoms with Gasteiger partial charge in [-0.2, -0.15) is 0 Å². The van der Waals surface area contributed by atoms with Crippen LogP contribution in [0, 0.1) is 0 Å².